The SMILES string of the molecule is Cc1cncc(-n2nc(C(N)=O)c3cc(-c4cncc(CN5CCCCC5)c4)ccc32)c1. The second-order valence-corrected chi connectivity index (χ2v) is 8.50. The Morgan fingerprint density at radius 3 is 2.56 bits per heavy atom. The van der Waals surface area contributed by atoms with Crippen molar-refractivity contribution in [3.8, 4) is 16.8 Å². The molecule has 1 amide bonds. The average molecular weight is 427 g/mol. The summed E-state index contributed by atoms with van der Waals surface area (Å²) in [7, 11) is 0. The molecular formula is C25H26N6O. The number of aromatic nitrogens is 4. The van der Waals surface area contributed by atoms with E-state index in [2.05, 4.69) is 26.0 Å². The molecule has 5 rings (SSSR count). The Bertz CT molecular complexity index is 1290. The monoisotopic (exact) mass is 426 g/mol. The van der Waals surface area contributed by atoms with Crippen molar-refractivity contribution in [1.29, 1.82) is 0 Å². The average Bonchev–Trinajstić information content (AvgIpc) is 3.19. The summed E-state index contributed by atoms with van der Waals surface area (Å²) < 4.78 is 1.73. The van der Waals surface area contributed by atoms with E-state index >= 15 is 0 Å². The van der Waals surface area contributed by atoms with Crippen LogP contribution in [0.15, 0.2) is 55.1 Å². The molecule has 7 heteroatoms. The van der Waals surface area contributed by atoms with E-state index < -0.39 is 5.91 Å². The van der Waals surface area contributed by atoms with Gasteiger partial charge in [-0.15, -0.1) is 0 Å². The van der Waals surface area contributed by atoms with Crippen molar-refractivity contribution >= 4 is 16.8 Å². The summed E-state index contributed by atoms with van der Waals surface area (Å²) >= 11 is 0. The lowest BCUT2D eigenvalue weighted by Gasteiger charge is -2.26. The zero-order valence-electron chi connectivity index (χ0n) is 18.2. The number of hydrogen-bond donors (Lipinski definition) is 1. The van der Waals surface area contributed by atoms with E-state index in [1.54, 1.807) is 17.1 Å². The van der Waals surface area contributed by atoms with Gasteiger partial charge < -0.3 is 5.73 Å². The molecule has 4 heterocycles. The molecule has 0 spiro atoms. The maximum Gasteiger partial charge on any atom is 0.269 e. The molecular weight excluding hydrogens is 400 g/mol. The van der Waals surface area contributed by atoms with Crippen LogP contribution in [0.2, 0.25) is 0 Å². The van der Waals surface area contributed by atoms with Crippen LogP contribution >= 0.6 is 0 Å². The lowest BCUT2D eigenvalue weighted by molar-refractivity contribution is 0.0996. The molecule has 0 aliphatic carbocycles. The Hall–Kier alpha value is -3.58. The van der Waals surface area contributed by atoms with E-state index in [4.69, 9.17) is 5.73 Å². The number of hydrogen-bond acceptors (Lipinski definition) is 5. The minimum atomic E-state index is -0.552. The standard InChI is InChI=1S/C25H26N6O/c1-17-9-21(15-27-12-17)31-23-6-5-19(11-22(23)24(29-31)25(26)32)20-10-18(13-28-14-20)16-30-7-3-2-4-8-30/h5-6,9-15H,2-4,7-8,16H2,1H3,(H2,26,32). The fourth-order valence-corrected chi connectivity index (χ4v) is 4.44. The van der Waals surface area contributed by atoms with Gasteiger partial charge in [-0.1, -0.05) is 12.5 Å². The molecule has 0 saturated carbocycles. The number of aryl methyl sites for hydroxylation is 1. The van der Waals surface area contributed by atoms with Crippen LogP contribution in [-0.4, -0.2) is 43.6 Å². The number of piperidine rings is 1. The molecule has 2 N–H and O–H groups in total. The first-order chi connectivity index (χ1) is 15.6. The van der Waals surface area contributed by atoms with Crippen LogP contribution < -0.4 is 5.73 Å². The zero-order valence-corrected chi connectivity index (χ0v) is 18.2. The van der Waals surface area contributed by atoms with Gasteiger partial charge in [-0.05, 0) is 73.8 Å². The Balaban J connectivity index is 1.54. The van der Waals surface area contributed by atoms with Crippen LogP contribution in [0.4, 0.5) is 0 Å². The first-order valence-electron chi connectivity index (χ1n) is 11.0. The van der Waals surface area contributed by atoms with Crippen molar-refractivity contribution in [1.82, 2.24) is 24.6 Å². The lowest BCUT2D eigenvalue weighted by atomic mass is 10.0. The number of rotatable bonds is 5. The Morgan fingerprint density at radius 1 is 0.969 bits per heavy atom. The smallest absolute Gasteiger partial charge is 0.269 e. The maximum absolute atomic E-state index is 12.2. The number of nitrogens with zero attached hydrogens (tertiary/aromatic N) is 5. The van der Waals surface area contributed by atoms with Gasteiger partial charge in [0.2, 0.25) is 0 Å². The molecule has 0 radical (unpaired) electrons. The van der Waals surface area contributed by atoms with E-state index in [1.165, 1.54) is 24.8 Å². The van der Waals surface area contributed by atoms with Gasteiger partial charge in [0.15, 0.2) is 5.69 Å². The van der Waals surface area contributed by atoms with Gasteiger partial charge in [0.05, 0.1) is 17.4 Å². The highest BCUT2D eigenvalue weighted by atomic mass is 16.1. The first kappa shape index (κ1) is 20.3. The summed E-state index contributed by atoms with van der Waals surface area (Å²) in [4.78, 5) is 23.4. The fourth-order valence-electron chi connectivity index (χ4n) is 4.44. The normalized spacial score (nSPS) is 14.7. The number of fused-ring (bicyclic) bond motifs is 1. The van der Waals surface area contributed by atoms with Crippen LogP contribution in [0.1, 0.15) is 40.9 Å². The highest BCUT2D eigenvalue weighted by molar-refractivity contribution is 6.05. The molecule has 3 aromatic heterocycles. The molecule has 1 aliphatic heterocycles. The van der Waals surface area contributed by atoms with Gasteiger partial charge in [-0.2, -0.15) is 5.10 Å². The Kier molecular flexibility index (Phi) is 5.41. The van der Waals surface area contributed by atoms with E-state index in [1.807, 2.05) is 43.6 Å². The number of nitrogens with two attached hydrogens (primary N) is 1. The molecule has 1 saturated heterocycles. The lowest BCUT2D eigenvalue weighted by Crippen LogP contribution is -2.29. The number of carbonyl (C=O) groups is 1. The third kappa shape index (κ3) is 3.99. The van der Waals surface area contributed by atoms with E-state index in [0.29, 0.717) is 0 Å². The number of pyridine rings is 2. The maximum atomic E-state index is 12.2. The predicted octanol–water partition coefficient (Wildman–Crippen LogP) is 3.88. The van der Waals surface area contributed by atoms with Crippen LogP contribution in [0.3, 0.4) is 0 Å². The van der Waals surface area contributed by atoms with Crippen molar-refractivity contribution in [2.24, 2.45) is 5.73 Å². The van der Waals surface area contributed by atoms with E-state index in [0.717, 1.165) is 52.9 Å². The Morgan fingerprint density at radius 2 is 1.78 bits per heavy atom. The summed E-state index contributed by atoms with van der Waals surface area (Å²) in [6.45, 7) is 5.17. The summed E-state index contributed by atoms with van der Waals surface area (Å²) in [5.41, 5.74) is 11.7. The van der Waals surface area contributed by atoms with Gasteiger partial charge >= 0.3 is 0 Å². The van der Waals surface area contributed by atoms with Gasteiger partial charge in [-0.25, -0.2) is 4.68 Å². The quantitative estimate of drug-likeness (QED) is 0.523. The van der Waals surface area contributed by atoms with Crippen molar-refractivity contribution in [3.05, 3.63) is 71.9 Å². The first-order valence-corrected chi connectivity index (χ1v) is 11.0. The van der Waals surface area contributed by atoms with E-state index in [-0.39, 0.29) is 5.69 Å². The second kappa shape index (κ2) is 8.51. The summed E-state index contributed by atoms with van der Waals surface area (Å²) in [6.07, 6.45) is 11.2. The molecule has 0 unspecified atom stereocenters. The fraction of sp³-hybridized carbons (Fsp3) is 0.280. The minimum absolute atomic E-state index is 0.251. The van der Waals surface area contributed by atoms with Crippen molar-refractivity contribution in [3.63, 3.8) is 0 Å². The summed E-state index contributed by atoms with van der Waals surface area (Å²) in [5, 5.41) is 5.23. The van der Waals surface area contributed by atoms with Crippen LogP contribution in [0.25, 0.3) is 27.7 Å². The van der Waals surface area contributed by atoms with Gasteiger partial charge in [-0.3, -0.25) is 19.7 Å². The number of carbonyl (C=O) groups excluding carboxylic acids is 1. The highest BCUT2D eigenvalue weighted by Crippen LogP contribution is 2.29. The molecule has 7 nitrogen and oxygen atoms in total. The molecule has 162 valence electrons. The number of likely N-dealkylation sites (tertiary alicyclic amines) is 1. The number of amides is 1. The molecule has 0 atom stereocenters. The van der Waals surface area contributed by atoms with Crippen LogP contribution in [0, 0.1) is 6.92 Å². The molecule has 0 bridgehead atoms. The van der Waals surface area contributed by atoms with Crippen LogP contribution in [-0.2, 0) is 6.54 Å². The largest absolute Gasteiger partial charge is 0.364 e. The molecule has 4 aromatic rings. The zero-order chi connectivity index (χ0) is 22.1. The summed E-state index contributed by atoms with van der Waals surface area (Å²) in [5.74, 6) is -0.552. The molecule has 1 aromatic carbocycles. The van der Waals surface area contributed by atoms with Gasteiger partial charge in [0.25, 0.3) is 5.91 Å². The Labute approximate surface area is 186 Å². The van der Waals surface area contributed by atoms with Crippen molar-refractivity contribution < 1.29 is 4.79 Å². The second-order valence-electron chi connectivity index (χ2n) is 8.50. The third-order valence-corrected chi connectivity index (χ3v) is 6.00. The highest BCUT2D eigenvalue weighted by Gasteiger charge is 2.18. The summed E-state index contributed by atoms with van der Waals surface area (Å²) in [6, 6.07) is 10.2. The van der Waals surface area contributed by atoms with Crippen molar-refractivity contribution in [2.75, 3.05) is 13.1 Å². The molecule has 32 heavy (non-hydrogen) atoms. The van der Waals surface area contributed by atoms with Crippen LogP contribution in [0.5, 0.6) is 0 Å². The number of primary amides is 1. The molecule has 1 fully saturated rings. The van der Waals surface area contributed by atoms with E-state index in [9.17, 15) is 4.79 Å². The minimum Gasteiger partial charge on any atom is -0.364 e. The molecule has 1 aliphatic rings. The third-order valence-electron chi connectivity index (χ3n) is 6.00. The predicted molar refractivity (Wildman–Crippen MR) is 124 cm³/mol. The topological polar surface area (TPSA) is 89.9 Å². The number of benzene rings is 1. The van der Waals surface area contributed by atoms with Gasteiger partial charge in [0.1, 0.15) is 0 Å². The van der Waals surface area contributed by atoms with Gasteiger partial charge in [0, 0.05) is 36.1 Å². The van der Waals surface area contributed by atoms with Crippen molar-refractivity contribution in [2.45, 2.75) is 32.7 Å².